The Morgan fingerprint density at radius 3 is 2.55 bits per heavy atom. The topological polar surface area (TPSA) is 76.6 Å². The summed E-state index contributed by atoms with van der Waals surface area (Å²) >= 11 is 14.0. The molecule has 0 radical (unpaired) electrons. The van der Waals surface area contributed by atoms with Gasteiger partial charge in [0.1, 0.15) is 11.5 Å². The normalized spacial score (nSPS) is 15.1. The van der Waals surface area contributed by atoms with Gasteiger partial charge in [-0.25, -0.2) is 4.99 Å². The van der Waals surface area contributed by atoms with Gasteiger partial charge in [-0.2, -0.15) is 0 Å². The maximum atomic E-state index is 13.9. The predicted molar refractivity (Wildman–Crippen MR) is 159 cm³/mol. The Morgan fingerprint density at radius 2 is 1.77 bits per heavy atom. The second-order valence-corrected chi connectivity index (χ2v) is 11.0. The van der Waals surface area contributed by atoms with Crippen molar-refractivity contribution in [3.05, 3.63) is 143 Å². The van der Waals surface area contributed by atoms with E-state index in [0.717, 1.165) is 5.56 Å². The minimum atomic E-state index is -0.769. The first-order valence-electron chi connectivity index (χ1n) is 12.4. The number of nitrogens with one attached hydrogen (secondary N) is 1. The van der Waals surface area contributed by atoms with E-state index in [2.05, 4.69) is 10.3 Å². The molecule has 0 bridgehead atoms. The summed E-state index contributed by atoms with van der Waals surface area (Å²) < 4.78 is 7.96. The first kappa shape index (κ1) is 26.1. The average Bonchev–Trinajstić information content (AvgIpc) is 3.53. The van der Waals surface area contributed by atoms with Crippen molar-refractivity contribution in [2.75, 3.05) is 5.32 Å². The molecule has 1 atom stereocenters. The molecule has 198 valence electrons. The summed E-state index contributed by atoms with van der Waals surface area (Å²) in [5.74, 6) is 0.780. The zero-order valence-electron chi connectivity index (χ0n) is 21.1. The van der Waals surface area contributed by atoms with Gasteiger partial charge in [-0.3, -0.25) is 14.2 Å². The van der Waals surface area contributed by atoms with Crippen LogP contribution in [-0.2, 0) is 4.79 Å². The molecule has 0 spiro atoms. The van der Waals surface area contributed by atoms with Gasteiger partial charge in [-0.05, 0) is 55.0 Å². The first-order valence-corrected chi connectivity index (χ1v) is 14.0. The second kappa shape index (κ2) is 10.8. The lowest BCUT2D eigenvalue weighted by molar-refractivity contribution is -0.113. The molecule has 1 aliphatic heterocycles. The van der Waals surface area contributed by atoms with E-state index in [-0.39, 0.29) is 11.5 Å². The Kier molecular flexibility index (Phi) is 7.02. The SMILES string of the molecule is CC1=C(C(=O)Nc2ccccc2)[C@H](c2ccccc2Cl)n2c(s/c(=C/c3ccc(-c4cccc(Cl)c4)o3)c2=O)=N1. The monoisotopic (exact) mass is 585 g/mol. The molecule has 3 aromatic carbocycles. The largest absolute Gasteiger partial charge is 0.457 e. The van der Waals surface area contributed by atoms with Crippen LogP contribution < -0.4 is 20.2 Å². The Labute approximate surface area is 243 Å². The summed E-state index contributed by atoms with van der Waals surface area (Å²) in [6.07, 6.45) is 1.69. The minimum Gasteiger partial charge on any atom is -0.457 e. The Hall–Kier alpha value is -4.17. The highest BCUT2D eigenvalue weighted by atomic mass is 35.5. The van der Waals surface area contributed by atoms with Gasteiger partial charge in [-0.1, -0.05) is 83.1 Å². The van der Waals surface area contributed by atoms with Crippen LogP contribution in [0.5, 0.6) is 0 Å². The van der Waals surface area contributed by atoms with Gasteiger partial charge < -0.3 is 9.73 Å². The lowest BCUT2D eigenvalue weighted by atomic mass is 9.95. The highest BCUT2D eigenvalue weighted by Crippen LogP contribution is 2.34. The number of allylic oxidation sites excluding steroid dienone is 1. The number of carbonyl (C=O) groups excluding carboxylic acids is 1. The van der Waals surface area contributed by atoms with Gasteiger partial charge in [0.2, 0.25) is 0 Å². The average molecular weight is 587 g/mol. The molecule has 0 saturated carbocycles. The minimum absolute atomic E-state index is 0.299. The van der Waals surface area contributed by atoms with Gasteiger partial charge in [0.05, 0.1) is 21.8 Å². The molecular weight excluding hydrogens is 565 g/mol. The van der Waals surface area contributed by atoms with Crippen molar-refractivity contribution >= 4 is 52.2 Å². The number of hydrogen-bond acceptors (Lipinski definition) is 5. The third kappa shape index (κ3) is 4.95. The maximum absolute atomic E-state index is 13.9. The Bertz CT molecular complexity index is 1970. The van der Waals surface area contributed by atoms with Crippen LogP contribution in [0.1, 0.15) is 24.3 Å². The van der Waals surface area contributed by atoms with Crippen LogP contribution in [0.15, 0.2) is 116 Å². The van der Waals surface area contributed by atoms with E-state index in [1.807, 2.05) is 60.7 Å². The van der Waals surface area contributed by atoms with Crippen molar-refractivity contribution < 1.29 is 9.21 Å². The number of rotatable bonds is 5. The summed E-state index contributed by atoms with van der Waals surface area (Å²) in [6, 6.07) is 26.6. The second-order valence-electron chi connectivity index (χ2n) is 9.14. The summed E-state index contributed by atoms with van der Waals surface area (Å²) in [7, 11) is 0. The van der Waals surface area contributed by atoms with Crippen LogP contribution in [0.4, 0.5) is 5.69 Å². The number of halogens is 2. The standard InChI is InChI=1S/C31H21Cl2N3O3S/c1-18-27(29(37)35-21-10-3-2-4-11-21)28(23-12-5-6-13-24(23)33)36-30(38)26(40-31(36)34-18)17-22-14-15-25(39-22)19-8-7-9-20(32)16-19/h2-17,28H,1H3,(H,35,37)/b26-17+/t28-/m0/s1. The van der Waals surface area contributed by atoms with Gasteiger partial charge in [0.15, 0.2) is 4.80 Å². The van der Waals surface area contributed by atoms with E-state index in [9.17, 15) is 9.59 Å². The molecule has 2 aromatic heterocycles. The molecule has 1 amide bonds. The molecule has 1 aliphatic rings. The van der Waals surface area contributed by atoms with Crippen LogP contribution in [0.2, 0.25) is 10.0 Å². The van der Waals surface area contributed by atoms with E-state index in [1.165, 1.54) is 15.9 Å². The third-order valence-electron chi connectivity index (χ3n) is 6.51. The number of carbonyl (C=O) groups is 1. The number of nitrogens with zero attached hydrogens (tertiary/aromatic N) is 2. The van der Waals surface area contributed by atoms with Gasteiger partial charge in [-0.15, -0.1) is 0 Å². The van der Waals surface area contributed by atoms with E-state index in [4.69, 9.17) is 27.6 Å². The Balaban J connectivity index is 1.47. The molecule has 40 heavy (non-hydrogen) atoms. The lowest BCUT2D eigenvalue weighted by Gasteiger charge is -2.26. The summed E-state index contributed by atoms with van der Waals surface area (Å²) in [5.41, 5.74) is 2.65. The number of fused-ring (bicyclic) bond motifs is 1. The van der Waals surface area contributed by atoms with Crippen molar-refractivity contribution in [2.45, 2.75) is 13.0 Å². The highest BCUT2D eigenvalue weighted by Gasteiger charge is 2.33. The fraction of sp³-hybridized carbons (Fsp3) is 0.0645. The van der Waals surface area contributed by atoms with Crippen LogP contribution in [0.3, 0.4) is 0 Å². The fourth-order valence-corrected chi connectivity index (χ4v) is 6.14. The molecule has 9 heteroatoms. The molecule has 3 heterocycles. The van der Waals surface area contributed by atoms with Gasteiger partial charge in [0.25, 0.3) is 11.5 Å². The number of thiazole rings is 1. The van der Waals surface area contributed by atoms with E-state index < -0.39 is 6.04 Å². The lowest BCUT2D eigenvalue weighted by Crippen LogP contribution is -2.40. The Morgan fingerprint density at radius 1 is 1.00 bits per heavy atom. The number of amides is 1. The molecule has 5 aromatic rings. The van der Waals surface area contributed by atoms with E-state index >= 15 is 0 Å². The molecule has 1 N–H and O–H groups in total. The highest BCUT2D eigenvalue weighted by molar-refractivity contribution is 7.07. The first-order chi connectivity index (χ1) is 19.4. The van der Waals surface area contributed by atoms with Crippen LogP contribution in [-0.4, -0.2) is 10.5 Å². The molecule has 0 unspecified atom stereocenters. The van der Waals surface area contributed by atoms with Crippen molar-refractivity contribution in [1.82, 2.24) is 4.57 Å². The smallest absolute Gasteiger partial charge is 0.271 e. The molecule has 0 fully saturated rings. The number of hydrogen-bond donors (Lipinski definition) is 1. The van der Waals surface area contributed by atoms with Crippen LogP contribution >= 0.6 is 34.5 Å². The third-order valence-corrected chi connectivity index (χ3v) is 8.07. The maximum Gasteiger partial charge on any atom is 0.271 e. The molecule has 0 saturated heterocycles. The van der Waals surface area contributed by atoms with Crippen molar-refractivity contribution in [1.29, 1.82) is 0 Å². The van der Waals surface area contributed by atoms with Gasteiger partial charge in [0, 0.05) is 27.4 Å². The molecule has 6 rings (SSSR count). The number of aromatic nitrogens is 1. The number of benzene rings is 3. The molecule has 0 aliphatic carbocycles. The number of anilines is 1. The van der Waals surface area contributed by atoms with Gasteiger partial charge >= 0.3 is 0 Å². The fourth-order valence-electron chi connectivity index (χ4n) is 4.68. The van der Waals surface area contributed by atoms with Crippen LogP contribution in [0, 0.1) is 0 Å². The van der Waals surface area contributed by atoms with Crippen LogP contribution in [0.25, 0.3) is 17.4 Å². The van der Waals surface area contributed by atoms with Crippen molar-refractivity contribution in [2.24, 2.45) is 4.99 Å². The number of para-hydroxylation sites is 1. The quantitative estimate of drug-likeness (QED) is 0.258. The zero-order valence-corrected chi connectivity index (χ0v) is 23.4. The summed E-state index contributed by atoms with van der Waals surface area (Å²) in [5, 5.41) is 3.98. The summed E-state index contributed by atoms with van der Waals surface area (Å²) in [6.45, 7) is 1.77. The van der Waals surface area contributed by atoms with E-state index in [1.54, 1.807) is 43.3 Å². The number of furan rings is 1. The van der Waals surface area contributed by atoms with E-state index in [0.29, 0.717) is 53.4 Å². The van der Waals surface area contributed by atoms with Crippen molar-refractivity contribution in [3.63, 3.8) is 0 Å². The molecular formula is C31H21Cl2N3O3S. The predicted octanol–water partition coefficient (Wildman–Crippen LogP) is 6.44. The van der Waals surface area contributed by atoms with Crippen molar-refractivity contribution in [3.8, 4) is 11.3 Å². The summed E-state index contributed by atoms with van der Waals surface area (Å²) in [4.78, 5) is 32.7. The zero-order chi connectivity index (χ0) is 27.8. The molecule has 6 nitrogen and oxygen atoms in total.